The number of carbonyl (C=O) groups is 1. The van der Waals surface area contributed by atoms with E-state index in [0.717, 1.165) is 48.8 Å². The summed E-state index contributed by atoms with van der Waals surface area (Å²) in [7, 11) is 0. The monoisotopic (exact) mass is 249 g/mol. The molecular formula is C14H19NOS. The second kappa shape index (κ2) is 4.02. The van der Waals surface area contributed by atoms with Gasteiger partial charge in [0.2, 0.25) is 0 Å². The van der Waals surface area contributed by atoms with E-state index in [0.29, 0.717) is 5.78 Å². The van der Waals surface area contributed by atoms with Crippen LogP contribution in [0, 0.1) is 33.8 Å². The van der Waals surface area contributed by atoms with Gasteiger partial charge in [-0.05, 0) is 75.0 Å². The van der Waals surface area contributed by atoms with Gasteiger partial charge in [0.1, 0.15) is 5.40 Å². The Morgan fingerprint density at radius 1 is 1.24 bits per heavy atom. The first kappa shape index (κ1) is 11.6. The van der Waals surface area contributed by atoms with E-state index in [-0.39, 0.29) is 10.7 Å². The van der Waals surface area contributed by atoms with Crippen LogP contribution in [0.4, 0.5) is 0 Å². The van der Waals surface area contributed by atoms with E-state index >= 15 is 0 Å². The molecule has 4 bridgehead atoms. The Hall–Kier alpha value is -0.490. The number of rotatable bonds is 3. The van der Waals surface area contributed by atoms with Gasteiger partial charge in [-0.15, -0.1) is 0 Å². The number of Topliss-reactive ketones (excluding diaryl/α,β-unsaturated/α-hetero) is 1. The molecule has 0 N–H and O–H groups in total. The van der Waals surface area contributed by atoms with Crippen LogP contribution in [-0.4, -0.2) is 11.0 Å². The molecule has 0 aliphatic heterocycles. The van der Waals surface area contributed by atoms with E-state index in [2.05, 4.69) is 5.40 Å². The van der Waals surface area contributed by atoms with Crippen molar-refractivity contribution in [1.82, 2.24) is 0 Å². The lowest BCUT2D eigenvalue weighted by atomic mass is 9.48. The number of thioether (sulfide) groups is 1. The van der Waals surface area contributed by atoms with Crippen molar-refractivity contribution >= 4 is 17.5 Å². The summed E-state index contributed by atoms with van der Waals surface area (Å²) in [4.78, 5) is 12.6. The van der Waals surface area contributed by atoms with E-state index in [1.54, 1.807) is 0 Å². The Kier molecular flexibility index (Phi) is 2.74. The van der Waals surface area contributed by atoms with Crippen molar-refractivity contribution in [2.75, 3.05) is 0 Å². The molecule has 0 amide bonds. The molecule has 4 saturated carbocycles. The average Bonchev–Trinajstić information content (AvgIpc) is 2.26. The van der Waals surface area contributed by atoms with Crippen molar-refractivity contribution < 1.29 is 4.79 Å². The van der Waals surface area contributed by atoms with Gasteiger partial charge < -0.3 is 0 Å². The maximum Gasteiger partial charge on any atom is 0.152 e. The fourth-order valence-electron chi connectivity index (χ4n) is 4.98. The summed E-state index contributed by atoms with van der Waals surface area (Å²) in [6.07, 6.45) is 7.46. The molecule has 0 spiro atoms. The number of thiocyanates is 1. The van der Waals surface area contributed by atoms with Crippen LogP contribution in [0.25, 0.3) is 0 Å². The minimum atomic E-state index is -0.128. The Bertz CT molecular complexity index is 349. The third kappa shape index (κ3) is 1.81. The fraction of sp³-hybridized carbons (Fsp3) is 0.857. The van der Waals surface area contributed by atoms with Crippen LogP contribution in [-0.2, 0) is 4.79 Å². The summed E-state index contributed by atoms with van der Waals surface area (Å²) in [6, 6.07) is 0. The van der Waals surface area contributed by atoms with Gasteiger partial charge >= 0.3 is 0 Å². The van der Waals surface area contributed by atoms with E-state index < -0.39 is 0 Å². The average molecular weight is 249 g/mol. The zero-order valence-corrected chi connectivity index (χ0v) is 11.1. The molecule has 4 rings (SSSR count). The van der Waals surface area contributed by atoms with Crippen molar-refractivity contribution in [2.24, 2.45) is 23.2 Å². The summed E-state index contributed by atoms with van der Waals surface area (Å²) in [5.41, 5.74) is -0.0297. The molecule has 0 saturated heterocycles. The van der Waals surface area contributed by atoms with Gasteiger partial charge in [0.15, 0.2) is 5.78 Å². The molecule has 4 aliphatic carbocycles. The number of carbonyl (C=O) groups excluding carboxylic acids is 1. The van der Waals surface area contributed by atoms with Gasteiger partial charge in [0.05, 0.1) is 5.25 Å². The van der Waals surface area contributed by atoms with Gasteiger partial charge in [0.25, 0.3) is 0 Å². The first-order valence-electron chi connectivity index (χ1n) is 6.72. The van der Waals surface area contributed by atoms with E-state index in [4.69, 9.17) is 5.26 Å². The van der Waals surface area contributed by atoms with Crippen LogP contribution in [0.1, 0.15) is 45.4 Å². The van der Waals surface area contributed by atoms with Crippen LogP contribution >= 0.6 is 11.8 Å². The third-order valence-corrected chi connectivity index (χ3v) is 5.83. The van der Waals surface area contributed by atoms with Gasteiger partial charge in [-0.3, -0.25) is 4.79 Å². The molecule has 4 aliphatic rings. The molecule has 4 fully saturated rings. The van der Waals surface area contributed by atoms with Crippen LogP contribution in [0.3, 0.4) is 0 Å². The molecule has 1 atom stereocenters. The molecule has 0 unspecified atom stereocenters. The lowest BCUT2D eigenvalue weighted by Gasteiger charge is -2.56. The highest BCUT2D eigenvalue weighted by molar-refractivity contribution is 8.04. The Morgan fingerprint density at radius 3 is 2.12 bits per heavy atom. The maximum absolute atomic E-state index is 12.6. The fourth-order valence-corrected chi connectivity index (χ4v) is 5.49. The van der Waals surface area contributed by atoms with Crippen LogP contribution in [0.5, 0.6) is 0 Å². The van der Waals surface area contributed by atoms with E-state index in [9.17, 15) is 4.79 Å². The lowest BCUT2D eigenvalue weighted by Crippen LogP contribution is -2.51. The highest BCUT2D eigenvalue weighted by atomic mass is 32.2. The molecule has 92 valence electrons. The highest BCUT2D eigenvalue weighted by Crippen LogP contribution is 2.60. The van der Waals surface area contributed by atoms with Crippen molar-refractivity contribution in [3.8, 4) is 5.40 Å². The van der Waals surface area contributed by atoms with Crippen molar-refractivity contribution in [2.45, 2.75) is 50.7 Å². The molecule has 0 aromatic rings. The summed E-state index contributed by atoms with van der Waals surface area (Å²) in [6.45, 7) is 1.91. The molecular weight excluding hydrogens is 230 g/mol. The summed E-state index contributed by atoms with van der Waals surface area (Å²) in [5, 5.41) is 10.7. The number of ketones is 1. The molecule has 0 heterocycles. The largest absolute Gasteiger partial charge is 0.298 e. The predicted molar refractivity (Wildman–Crippen MR) is 68.3 cm³/mol. The predicted octanol–water partition coefficient (Wildman–Crippen LogP) is 3.37. The van der Waals surface area contributed by atoms with Crippen molar-refractivity contribution in [3.63, 3.8) is 0 Å². The van der Waals surface area contributed by atoms with Crippen LogP contribution in [0.15, 0.2) is 0 Å². The summed E-state index contributed by atoms with van der Waals surface area (Å²) >= 11 is 1.14. The van der Waals surface area contributed by atoms with E-state index in [1.807, 2.05) is 6.92 Å². The molecule has 17 heavy (non-hydrogen) atoms. The quantitative estimate of drug-likeness (QED) is 0.720. The standard InChI is InChI=1S/C14H19NOS/c1-9(17-8-15)13(16)14-5-10-2-11(6-14)4-12(3-10)7-14/h9-12H,2-7H2,1H3/t9-,10?,11?,12?,14?/m1/s1. The Morgan fingerprint density at radius 2 is 1.71 bits per heavy atom. The third-order valence-electron chi connectivity index (χ3n) is 5.16. The minimum absolute atomic E-state index is 0.0297. The topological polar surface area (TPSA) is 40.9 Å². The maximum atomic E-state index is 12.6. The van der Waals surface area contributed by atoms with E-state index in [1.165, 1.54) is 19.3 Å². The Balaban J connectivity index is 1.82. The lowest BCUT2D eigenvalue weighted by molar-refractivity contribution is -0.142. The van der Waals surface area contributed by atoms with Crippen LogP contribution < -0.4 is 0 Å². The number of nitriles is 1. The van der Waals surface area contributed by atoms with Crippen molar-refractivity contribution in [1.29, 1.82) is 5.26 Å². The summed E-state index contributed by atoms with van der Waals surface area (Å²) < 4.78 is 0. The minimum Gasteiger partial charge on any atom is -0.298 e. The molecule has 3 heteroatoms. The summed E-state index contributed by atoms with van der Waals surface area (Å²) in [5.74, 6) is 2.81. The highest BCUT2D eigenvalue weighted by Gasteiger charge is 2.55. The van der Waals surface area contributed by atoms with Gasteiger partial charge in [-0.2, -0.15) is 5.26 Å². The zero-order chi connectivity index (χ0) is 12.0. The molecule has 0 radical (unpaired) electrons. The van der Waals surface area contributed by atoms with Crippen LogP contribution in [0.2, 0.25) is 0 Å². The molecule has 0 aromatic carbocycles. The first-order chi connectivity index (χ1) is 8.13. The normalized spacial score (nSPS) is 44.4. The molecule has 0 aromatic heterocycles. The second-order valence-electron chi connectivity index (χ2n) is 6.41. The Labute approximate surface area is 107 Å². The first-order valence-corrected chi connectivity index (χ1v) is 7.60. The number of nitrogens with zero attached hydrogens (tertiary/aromatic N) is 1. The SMILES string of the molecule is C[C@@H](SC#N)C(=O)C12CC3CC(CC(C3)C1)C2. The smallest absolute Gasteiger partial charge is 0.152 e. The zero-order valence-electron chi connectivity index (χ0n) is 10.3. The second-order valence-corrected chi connectivity index (χ2v) is 7.54. The van der Waals surface area contributed by atoms with Gasteiger partial charge in [-0.1, -0.05) is 0 Å². The molecule has 2 nitrogen and oxygen atoms in total. The van der Waals surface area contributed by atoms with Gasteiger partial charge in [0, 0.05) is 5.41 Å². The number of hydrogen-bond acceptors (Lipinski definition) is 3. The van der Waals surface area contributed by atoms with Crippen molar-refractivity contribution in [3.05, 3.63) is 0 Å². The number of hydrogen-bond donors (Lipinski definition) is 0. The van der Waals surface area contributed by atoms with Gasteiger partial charge in [-0.25, -0.2) is 0 Å².